The van der Waals surface area contributed by atoms with Gasteiger partial charge in [0.15, 0.2) is 22.9 Å². The Hall–Kier alpha value is -3.11. The third kappa shape index (κ3) is 2.47. The molecule has 11 heteroatoms. The first-order valence-corrected chi connectivity index (χ1v) is 6.62. The van der Waals surface area contributed by atoms with Gasteiger partial charge in [-0.1, -0.05) is 0 Å². The monoisotopic (exact) mass is 361 g/mol. The van der Waals surface area contributed by atoms with Gasteiger partial charge in [-0.05, 0) is 13.0 Å². The number of hydrogen-bond donors (Lipinski definition) is 1. The molecule has 0 fully saturated rings. The fourth-order valence-corrected chi connectivity index (χ4v) is 2.45. The zero-order valence-corrected chi connectivity index (χ0v) is 12.3. The number of aryl methyl sites for hydroxylation is 1. The molecule has 0 radical (unpaired) electrons. The van der Waals surface area contributed by atoms with Crippen LogP contribution in [-0.4, -0.2) is 9.24 Å². The summed E-state index contributed by atoms with van der Waals surface area (Å²) in [4.78, 5) is 24.2. The first kappa shape index (κ1) is 16.7. The van der Waals surface area contributed by atoms with E-state index in [0.29, 0.717) is 6.07 Å². The van der Waals surface area contributed by atoms with Crippen LogP contribution in [-0.2, 0) is 6.18 Å². The third-order valence-electron chi connectivity index (χ3n) is 3.46. The van der Waals surface area contributed by atoms with E-state index in [1.54, 1.807) is 0 Å². The van der Waals surface area contributed by atoms with E-state index in [2.05, 4.69) is 0 Å². The number of alkyl halides is 3. The van der Waals surface area contributed by atoms with E-state index in [1.807, 2.05) is 0 Å². The number of nitrogen functional groups attached to an aromatic ring is 1. The maximum absolute atomic E-state index is 14.2. The van der Waals surface area contributed by atoms with E-state index in [-0.39, 0.29) is 26.5 Å². The fraction of sp³-hybridized carbons (Fsp3) is 0.143. The molecule has 2 N–H and O–H groups in total. The Morgan fingerprint density at radius 2 is 1.72 bits per heavy atom. The fourth-order valence-electron chi connectivity index (χ4n) is 2.45. The van der Waals surface area contributed by atoms with Crippen molar-refractivity contribution in [3.05, 3.63) is 62.1 Å². The van der Waals surface area contributed by atoms with Gasteiger partial charge in [-0.25, -0.2) is 22.8 Å². The number of aromatic nitrogens is 2. The van der Waals surface area contributed by atoms with Crippen molar-refractivity contribution >= 4 is 11.0 Å². The lowest BCUT2D eigenvalue weighted by molar-refractivity contribution is -0.143. The summed E-state index contributed by atoms with van der Waals surface area (Å²) in [7, 11) is 0. The second-order valence-corrected chi connectivity index (χ2v) is 5.14. The second-order valence-electron chi connectivity index (χ2n) is 5.14. The highest BCUT2D eigenvalue weighted by molar-refractivity contribution is 5.87. The van der Waals surface area contributed by atoms with Gasteiger partial charge >= 0.3 is 11.9 Å². The molecular formula is C14H8F5N3O3. The van der Waals surface area contributed by atoms with Crippen molar-refractivity contribution in [3.8, 4) is 5.69 Å². The number of furan rings is 1. The average molecular weight is 361 g/mol. The second kappa shape index (κ2) is 5.19. The highest BCUT2D eigenvalue weighted by Crippen LogP contribution is 2.30. The van der Waals surface area contributed by atoms with Crippen LogP contribution in [0.3, 0.4) is 0 Å². The molecule has 0 unspecified atom stereocenters. The lowest BCUT2D eigenvalue weighted by atomic mass is 10.2. The predicted octanol–water partition coefficient (Wildman–Crippen LogP) is 2.06. The van der Waals surface area contributed by atoms with Crippen molar-refractivity contribution in [1.82, 2.24) is 9.24 Å². The summed E-state index contributed by atoms with van der Waals surface area (Å²) in [5.74, 6) is 2.80. The summed E-state index contributed by atoms with van der Waals surface area (Å²) in [6, 6.07) is 1.54. The molecule has 0 spiro atoms. The maximum atomic E-state index is 14.2. The van der Waals surface area contributed by atoms with Gasteiger partial charge in [-0.15, -0.1) is 0 Å². The maximum Gasteiger partial charge on any atom is 0.433 e. The third-order valence-corrected chi connectivity index (χ3v) is 3.46. The summed E-state index contributed by atoms with van der Waals surface area (Å²) in [6.45, 7) is 1.40. The van der Waals surface area contributed by atoms with Crippen LogP contribution < -0.4 is 17.1 Å². The van der Waals surface area contributed by atoms with Crippen molar-refractivity contribution in [2.45, 2.75) is 13.1 Å². The summed E-state index contributed by atoms with van der Waals surface area (Å²) in [5.41, 5.74) is -6.05. The molecule has 0 aliphatic heterocycles. The quantitative estimate of drug-likeness (QED) is 0.531. The summed E-state index contributed by atoms with van der Waals surface area (Å²) in [6.07, 6.45) is -5.07. The molecule has 132 valence electrons. The molecule has 2 aromatic heterocycles. The lowest BCUT2D eigenvalue weighted by Gasteiger charge is -2.14. The molecule has 0 atom stereocenters. The van der Waals surface area contributed by atoms with Crippen LogP contribution >= 0.6 is 0 Å². The van der Waals surface area contributed by atoms with Crippen LogP contribution in [0.4, 0.5) is 22.0 Å². The normalized spacial score (nSPS) is 12.1. The molecule has 25 heavy (non-hydrogen) atoms. The molecule has 6 nitrogen and oxygen atoms in total. The predicted molar refractivity (Wildman–Crippen MR) is 75.9 cm³/mol. The van der Waals surface area contributed by atoms with Crippen molar-refractivity contribution in [3.63, 3.8) is 0 Å². The van der Waals surface area contributed by atoms with Crippen LogP contribution in [0.5, 0.6) is 0 Å². The first-order valence-electron chi connectivity index (χ1n) is 6.62. The van der Waals surface area contributed by atoms with Crippen LogP contribution in [0.25, 0.3) is 16.7 Å². The van der Waals surface area contributed by atoms with Gasteiger partial charge in [0.1, 0.15) is 11.4 Å². The minimum absolute atomic E-state index is 0.0446. The van der Waals surface area contributed by atoms with E-state index >= 15 is 0 Å². The summed E-state index contributed by atoms with van der Waals surface area (Å²) >= 11 is 0. The molecule has 1 aromatic carbocycles. The highest BCUT2D eigenvalue weighted by Gasteiger charge is 2.36. The largest absolute Gasteiger partial charge is 0.458 e. The van der Waals surface area contributed by atoms with Crippen LogP contribution in [0.1, 0.15) is 11.5 Å². The molecule has 2 heterocycles. The van der Waals surface area contributed by atoms with Crippen molar-refractivity contribution in [2.75, 3.05) is 5.84 Å². The standard InChI is InChI=1S/C14H8F5N3O3/c1-5-2-6-11(7(15)3-8(16)12(6)25-5)21-10(23)4-9(14(17,18)19)22(20)13(21)24/h2-4H,20H2,1H3. The summed E-state index contributed by atoms with van der Waals surface area (Å²) in [5, 5.41) is -0.297. The minimum atomic E-state index is -5.07. The average Bonchev–Trinajstić information content (AvgIpc) is 2.87. The Balaban J connectivity index is 2.48. The molecule has 0 saturated carbocycles. The number of fused-ring (bicyclic) bond motifs is 1. The zero-order chi connectivity index (χ0) is 18.7. The number of nitrogens with zero attached hydrogens (tertiary/aromatic N) is 2. The van der Waals surface area contributed by atoms with Gasteiger partial charge in [-0.3, -0.25) is 4.79 Å². The van der Waals surface area contributed by atoms with Gasteiger partial charge in [-0.2, -0.15) is 13.2 Å². The minimum Gasteiger partial charge on any atom is -0.458 e. The topological polar surface area (TPSA) is 83.2 Å². The van der Waals surface area contributed by atoms with E-state index < -0.39 is 46.0 Å². The van der Waals surface area contributed by atoms with Crippen molar-refractivity contribution in [2.24, 2.45) is 0 Å². The van der Waals surface area contributed by atoms with Gasteiger partial charge in [0, 0.05) is 12.1 Å². The number of halogens is 5. The number of hydrogen-bond acceptors (Lipinski definition) is 4. The Labute approximate surface area is 134 Å². The lowest BCUT2D eigenvalue weighted by Crippen LogP contribution is -2.45. The molecule has 3 rings (SSSR count). The Morgan fingerprint density at radius 1 is 1.08 bits per heavy atom. The van der Waals surface area contributed by atoms with Crippen molar-refractivity contribution < 1.29 is 26.4 Å². The number of nitrogens with two attached hydrogens (primary N) is 1. The van der Waals surface area contributed by atoms with E-state index in [1.165, 1.54) is 6.92 Å². The Bertz CT molecular complexity index is 1120. The SMILES string of the molecule is Cc1cc2c(-n3c(=O)cc(C(F)(F)F)n(N)c3=O)c(F)cc(F)c2o1. The Kier molecular flexibility index (Phi) is 3.48. The smallest absolute Gasteiger partial charge is 0.433 e. The zero-order valence-electron chi connectivity index (χ0n) is 12.3. The molecular weight excluding hydrogens is 353 g/mol. The van der Waals surface area contributed by atoms with Gasteiger partial charge in [0.2, 0.25) is 0 Å². The first-order chi connectivity index (χ1) is 11.5. The van der Waals surface area contributed by atoms with Gasteiger partial charge in [0.05, 0.1) is 5.39 Å². The Morgan fingerprint density at radius 3 is 2.32 bits per heavy atom. The van der Waals surface area contributed by atoms with Gasteiger partial charge in [0.25, 0.3) is 5.56 Å². The summed E-state index contributed by atoms with van der Waals surface area (Å²) < 4.78 is 71.2. The molecule has 0 bridgehead atoms. The van der Waals surface area contributed by atoms with Crippen molar-refractivity contribution in [1.29, 1.82) is 0 Å². The van der Waals surface area contributed by atoms with Crippen LogP contribution in [0.2, 0.25) is 0 Å². The van der Waals surface area contributed by atoms with Gasteiger partial charge < -0.3 is 10.3 Å². The molecule has 0 saturated heterocycles. The van der Waals surface area contributed by atoms with E-state index in [0.717, 1.165) is 6.07 Å². The molecule has 3 aromatic rings. The molecule has 0 aliphatic carbocycles. The number of rotatable bonds is 1. The van der Waals surface area contributed by atoms with E-state index in [9.17, 15) is 31.5 Å². The van der Waals surface area contributed by atoms with E-state index in [4.69, 9.17) is 10.3 Å². The molecule has 0 aliphatic rings. The molecule has 0 amide bonds. The highest BCUT2D eigenvalue weighted by atomic mass is 19.4. The van der Waals surface area contributed by atoms with Crippen LogP contribution in [0.15, 0.2) is 32.2 Å². The number of benzene rings is 1. The van der Waals surface area contributed by atoms with Crippen LogP contribution in [0, 0.1) is 18.6 Å².